The van der Waals surface area contributed by atoms with Gasteiger partial charge in [-0.2, -0.15) is 5.10 Å². The fourth-order valence-corrected chi connectivity index (χ4v) is 3.50. The molecule has 0 radical (unpaired) electrons. The van der Waals surface area contributed by atoms with Crippen molar-refractivity contribution in [2.24, 2.45) is 10.5 Å². The number of amides is 1. The second kappa shape index (κ2) is 9.57. The first-order chi connectivity index (χ1) is 14.0. The molecule has 160 valence electrons. The molecule has 0 spiro atoms. The summed E-state index contributed by atoms with van der Waals surface area (Å²) in [5, 5.41) is 12.7. The highest BCUT2D eigenvalue weighted by atomic mass is 16.5. The van der Waals surface area contributed by atoms with Crippen LogP contribution in [0.2, 0.25) is 0 Å². The minimum absolute atomic E-state index is 0.0472. The maximum absolute atomic E-state index is 11.9. The summed E-state index contributed by atoms with van der Waals surface area (Å²) >= 11 is 0. The smallest absolute Gasteiger partial charge is 0.335 e. The standard InChI is InChI=1S/C24H30N2O4/c1-23(2,3)16-24(4,5)19-10-12-20(13-11-19)30-15-21(27)26-25-14-17-6-8-18(9-7-17)22(28)29/h6-14H,15-16H2,1-5H3,(H,26,27)(H,28,29)/b25-14+. The van der Waals surface area contributed by atoms with Crippen molar-refractivity contribution in [2.75, 3.05) is 6.61 Å². The maximum atomic E-state index is 11.9. The molecule has 0 aliphatic heterocycles. The van der Waals surface area contributed by atoms with E-state index in [2.05, 4.69) is 45.1 Å². The van der Waals surface area contributed by atoms with Gasteiger partial charge < -0.3 is 9.84 Å². The van der Waals surface area contributed by atoms with Gasteiger partial charge in [0.1, 0.15) is 5.75 Å². The van der Waals surface area contributed by atoms with Gasteiger partial charge in [-0.1, -0.05) is 58.9 Å². The summed E-state index contributed by atoms with van der Waals surface area (Å²) in [6, 6.07) is 14.0. The molecule has 0 atom stereocenters. The molecule has 2 aromatic rings. The number of nitrogens with one attached hydrogen (secondary N) is 1. The average molecular weight is 411 g/mol. The zero-order valence-electron chi connectivity index (χ0n) is 18.2. The van der Waals surface area contributed by atoms with Crippen molar-refractivity contribution in [3.05, 3.63) is 65.2 Å². The SMILES string of the molecule is CC(C)(C)CC(C)(C)c1ccc(OCC(=O)N/N=C/c2ccc(C(=O)O)cc2)cc1. The minimum atomic E-state index is -0.991. The Hall–Kier alpha value is -3.15. The zero-order valence-corrected chi connectivity index (χ0v) is 18.2. The van der Waals surface area contributed by atoms with E-state index < -0.39 is 5.97 Å². The predicted octanol–water partition coefficient (Wildman–Crippen LogP) is 4.63. The molecule has 2 aromatic carbocycles. The van der Waals surface area contributed by atoms with E-state index in [9.17, 15) is 9.59 Å². The van der Waals surface area contributed by atoms with Crippen molar-refractivity contribution < 1.29 is 19.4 Å². The molecule has 2 N–H and O–H groups in total. The van der Waals surface area contributed by atoms with Crippen LogP contribution < -0.4 is 10.2 Å². The Kier molecular flexibility index (Phi) is 7.38. The molecule has 6 heteroatoms. The Labute approximate surface area is 178 Å². The predicted molar refractivity (Wildman–Crippen MR) is 118 cm³/mol. The zero-order chi connectivity index (χ0) is 22.4. The second-order valence-corrected chi connectivity index (χ2v) is 9.15. The van der Waals surface area contributed by atoms with Crippen LogP contribution in [-0.2, 0) is 10.2 Å². The monoisotopic (exact) mass is 410 g/mol. The molecular weight excluding hydrogens is 380 g/mol. The van der Waals surface area contributed by atoms with E-state index in [1.54, 1.807) is 12.1 Å². The van der Waals surface area contributed by atoms with Gasteiger partial charge >= 0.3 is 5.97 Å². The van der Waals surface area contributed by atoms with Crippen LogP contribution in [0.15, 0.2) is 53.6 Å². The van der Waals surface area contributed by atoms with Crippen molar-refractivity contribution in [2.45, 2.75) is 46.5 Å². The number of benzene rings is 2. The number of carboxylic acids is 1. The molecule has 0 saturated heterocycles. The first kappa shape index (κ1) is 23.1. The Bertz CT molecular complexity index is 892. The van der Waals surface area contributed by atoms with Crippen molar-refractivity contribution in [3.63, 3.8) is 0 Å². The van der Waals surface area contributed by atoms with Crippen molar-refractivity contribution >= 4 is 18.1 Å². The lowest BCUT2D eigenvalue weighted by Gasteiger charge is -2.33. The lowest BCUT2D eigenvalue weighted by atomic mass is 9.72. The third-order valence-electron chi connectivity index (χ3n) is 4.54. The lowest BCUT2D eigenvalue weighted by Crippen LogP contribution is -2.25. The Morgan fingerprint density at radius 1 is 1.00 bits per heavy atom. The highest BCUT2D eigenvalue weighted by molar-refractivity contribution is 5.89. The second-order valence-electron chi connectivity index (χ2n) is 9.15. The van der Waals surface area contributed by atoms with Gasteiger partial charge in [-0.05, 0) is 52.6 Å². The van der Waals surface area contributed by atoms with E-state index in [0.717, 1.165) is 6.42 Å². The first-order valence-electron chi connectivity index (χ1n) is 9.85. The molecule has 1 amide bonds. The number of carboxylic acid groups (broad SMARTS) is 1. The van der Waals surface area contributed by atoms with Crippen LogP contribution in [0.3, 0.4) is 0 Å². The van der Waals surface area contributed by atoms with Gasteiger partial charge in [0.05, 0.1) is 11.8 Å². The number of rotatable bonds is 8. The fourth-order valence-electron chi connectivity index (χ4n) is 3.50. The number of aromatic carboxylic acids is 1. The quantitative estimate of drug-likeness (QED) is 0.491. The van der Waals surface area contributed by atoms with Crippen LogP contribution in [0.1, 0.15) is 62.5 Å². The maximum Gasteiger partial charge on any atom is 0.335 e. The Morgan fingerprint density at radius 3 is 2.13 bits per heavy atom. The third-order valence-corrected chi connectivity index (χ3v) is 4.54. The van der Waals surface area contributed by atoms with Gasteiger partial charge in [-0.15, -0.1) is 0 Å². The fraction of sp³-hybridized carbons (Fsp3) is 0.375. The summed E-state index contributed by atoms with van der Waals surface area (Å²) in [6.45, 7) is 11.0. The normalized spacial score (nSPS) is 12.0. The summed E-state index contributed by atoms with van der Waals surface area (Å²) in [6.07, 6.45) is 2.50. The number of ether oxygens (including phenoxy) is 1. The van der Waals surface area contributed by atoms with Gasteiger partial charge in [0.2, 0.25) is 0 Å². The van der Waals surface area contributed by atoms with E-state index in [0.29, 0.717) is 11.3 Å². The average Bonchev–Trinajstić information content (AvgIpc) is 2.65. The van der Waals surface area contributed by atoms with Gasteiger partial charge in [0.25, 0.3) is 5.91 Å². The van der Waals surface area contributed by atoms with Crippen LogP contribution >= 0.6 is 0 Å². The van der Waals surface area contributed by atoms with Crippen LogP contribution in [0.4, 0.5) is 0 Å². The highest BCUT2D eigenvalue weighted by Crippen LogP contribution is 2.36. The van der Waals surface area contributed by atoms with Gasteiger partial charge in [0.15, 0.2) is 6.61 Å². The summed E-state index contributed by atoms with van der Waals surface area (Å²) in [4.78, 5) is 22.7. The van der Waals surface area contributed by atoms with Crippen molar-refractivity contribution in [1.82, 2.24) is 5.43 Å². The molecule has 0 heterocycles. The van der Waals surface area contributed by atoms with Crippen LogP contribution in [-0.4, -0.2) is 29.8 Å². The summed E-state index contributed by atoms with van der Waals surface area (Å²) < 4.78 is 5.53. The van der Waals surface area contributed by atoms with E-state index in [1.807, 2.05) is 24.3 Å². The molecule has 0 aliphatic carbocycles. The molecule has 0 saturated carbocycles. The van der Waals surface area contributed by atoms with Gasteiger partial charge in [-0.3, -0.25) is 4.79 Å². The highest BCUT2D eigenvalue weighted by Gasteiger charge is 2.27. The van der Waals surface area contributed by atoms with E-state index in [-0.39, 0.29) is 28.9 Å². The Balaban J connectivity index is 1.83. The molecular formula is C24H30N2O4. The number of carbonyl (C=O) groups excluding carboxylic acids is 1. The molecule has 2 rings (SSSR count). The van der Waals surface area contributed by atoms with E-state index in [1.165, 1.54) is 23.9 Å². The molecule has 0 aliphatic rings. The minimum Gasteiger partial charge on any atom is -0.484 e. The summed E-state index contributed by atoms with van der Waals surface area (Å²) in [7, 11) is 0. The van der Waals surface area contributed by atoms with Crippen LogP contribution in [0, 0.1) is 5.41 Å². The summed E-state index contributed by atoms with van der Waals surface area (Å²) in [5.41, 5.74) is 4.77. The third kappa shape index (κ3) is 7.35. The molecule has 0 aromatic heterocycles. The van der Waals surface area contributed by atoms with Gasteiger partial charge in [0, 0.05) is 0 Å². The molecule has 0 unspecified atom stereocenters. The molecule has 30 heavy (non-hydrogen) atoms. The number of nitrogens with zero attached hydrogens (tertiary/aromatic N) is 1. The lowest BCUT2D eigenvalue weighted by molar-refractivity contribution is -0.123. The number of hydrogen-bond donors (Lipinski definition) is 2. The molecule has 6 nitrogen and oxygen atoms in total. The van der Waals surface area contributed by atoms with Crippen molar-refractivity contribution in [3.8, 4) is 5.75 Å². The largest absolute Gasteiger partial charge is 0.484 e. The Morgan fingerprint density at radius 2 is 1.60 bits per heavy atom. The van der Waals surface area contributed by atoms with Gasteiger partial charge in [-0.25, -0.2) is 10.2 Å². The topological polar surface area (TPSA) is 88.0 Å². The summed E-state index contributed by atoms with van der Waals surface area (Å²) in [5.74, 6) is -0.756. The van der Waals surface area contributed by atoms with Crippen molar-refractivity contribution in [1.29, 1.82) is 0 Å². The number of hydrazone groups is 1. The first-order valence-corrected chi connectivity index (χ1v) is 9.85. The number of hydrogen-bond acceptors (Lipinski definition) is 4. The van der Waals surface area contributed by atoms with E-state index in [4.69, 9.17) is 9.84 Å². The van der Waals surface area contributed by atoms with Crippen LogP contribution in [0.25, 0.3) is 0 Å². The van der Waals surface area contributed by atoms with E-state index >= 15 is 0 Å². The molecule has 0 fully saturated rings. The number of carbonyl (C=O) groups is 2. The molecule has 0 bridgehead atoms. The van der Waals surface area contributed by atoms with Crippen LogP contribution in [0.5, 0.6) is 5.75 Å².